The number of carbonyl (C=O) groups excluding carboxylic acids is 2. The van der Waals surface area contributed by atoms with Crippen molar-refractivity contribution in [2.75, 3.05) is 33.3 Å². The summed E-state index contributed by atoms with van der Waals surface area (Å²) in [7, 11) is 1.61. The molecule has 39 heavy (non-hydrogen) atoms. The molecular weight excluding hydrogens is 493 g/mol. The van der Waals surface area contributed by atoms with E-state index in [1.165, 1.54) is 17.2 Å². The van der Waals surface area contributed by atoms with E-state index in [9.17, 15) is 14.0 Å². The lowest BCUT2D eigenvalue weighted by Gasteiger charge is -2.43. The highest BCUT2D eigenvalue weighted by molar-refractivity contribution is 5.95. The van der Waals surface area contributed by atoms with Gasteiger partial charge in [0.2, 0.25) is 5.91 Å². The molecule has 5 rings (SSSR count). The smallest absolute Gasteiger partial charge is 0.254 e. The van der Waals surface area contributed by atoms with Gasteiger partial charge >= 0.3 is 0 Å². The van der Waals surface area contributed by atoms with Gasteiger partial charge in [-0.2, -0.15) is 0 Å². The van der Waals surface area contributed by atoms with Crippen LogP contribution in [-0.4, -0.2) is 54.9 Å². The Morgan fingerprint density at radius 3 is 2.51 bits per heavy atom. The van der Waals surface area contributed by atoms with Crippen LogP contribution in [0.1, 0.15) is 58.8 Å². The number of hydrogen-bond donors (Lipinski definition) is 1. The minimum Gasteiger partial charge on any atom is -0.497 e. The number of benzene rings is 3. The summed E-state index contributed by atoms with van der Waals surface area (Å²) in [6.07, 6.45) is 3.30. The van der Waals surface area contributed by atoms with Crippen molar-refractivity contribution in [3.05, 3.63) is 101 Å². The number of hydrogen-bond acceptors (Lipinski definition) is 4. The summed E-state index contributed by atoms with van der Waals surface area (Å²) in [4.78, 5) is 30.1. The van der Waals surface area contributed by atoms with E-state index in [1.807, 2.05) is 35.2 Å². The molecule has 3 aromatic carbocycles. The van der Waals surface area contributed by atoms with Crippen molar-refractivity contribution in [1.82, 2.24) is 9.80 Å². The van der Waals surface area contributed by atoms with Crippen molar-refractivity contribution in [1.29, 1.82) is 0 Å². The van der Waals surface area contributed by atoms with Crippen LogP contribution in [0.5, 0.6) is 5.75 Å². The number of primary amides is 1. The highest BCUT2D eigenvalue weighted by Crippen LogP contribution is 2.40. The van der Waals surface area contributed by atoms with Gasteiger partial charge in [-0.1, -0.05) is 42.5 Å². The Bertz CT molecular complexity index is 1340. The lowest BCUT2D eigenvalue weighted by Crippen LogP contribution is -2.46. The Balaban J connectivity index is 1.32. The molecule has 2 N–H and O–H groups in total. The molecule has 1 atom stereocenters. The maximum absolute atomic E-state index is 14.1. The van der Waals surface area contributed by atoms with E-state index in [-0.39, 0.29) is 30.1 Å². The van der Waals surface area contributed by atoms with Gasteiger partial charge < -0.3 is 20.3 Å². The number of piperidine rings is 1. The van der Waals surface area contributed by atoms with Crippen molar-refractivity contribution in [2.45, 2.75) is 43.6 Å². The first-order valence-electron chi connectivity index (χ1n) is 13.7. The first-order valence-corrected chi connectivity index (χ1v) is 13.7. The summed E-state index contributed by atoms with van der Waals surface area (Å²) in [6.45, 7) is 3.04. The summed E-state index contributed by atoms with van der Waals surface area (Å²) in [5.41, 5.74) is 9.16. The third kappa shape index (κ3) is 5.83. The Kier molecular flexibility index (Phi) is 7.98. The molecule has 2 aliphatic rings. The Labute approximate surface area is 229 Å². The number of ether oxygens (including phenoxy) is 1. The van der Waals surface area contributed by atoms with E-state index in [0.29, 0.717) is 17.9 Å². The number of carbonyl (C=O) groups is 2. The van der Waals surface area contributed by atoms with Crippen molar-refractivity contribution in [2.24, 2.45) is 5.73 Å². The maximum Gasteiger partial charge on any atom is 0.254 e. The zero-order chi connectivity index (χ0) is 27.4. The summed E-state index contributed by atoms with van der Waals surface area (Å²) >= 11 is 0. The number of nitrogens with two attached hydrogens (primary N) is 1. The van der Waals surface area contributed by atoms with Gasteiger partial charge in [0.1, 0.15) is 11.6 Å². The van der Waals surface area contributed by atoms with Crippen LogP contribution >= 0.6 is 0 Å². The van der Waals surface area contributed by atoms with Gasteiger partial charge in [0.15, 0.2) is 0 Å². The average molecular weight is 530 g/mol. The van der Waals surface area contributed by atoms with Gasteiger partial charge in [-0.25, -0.2) is 4.39 Å². The van der Waals surface area contributed by atoms with E-state index >= 15 is 0 Å². The number of nitrogens with zero attached hydrogens (tertiary/aromatic N) is 2. The van der Waals surface area contributed by atoms with Gasteiger partial charge in [0.25, 0.3) is 5.91 Å². The Morgan fingerprint density at radius 1 is 1.00 bits per heavy atom. The number of methoxy groups -OCH3 is 1. The fraction of sp³-hybridized carbons (Fsp3) is 0.375. The molecule has 1 unspecified atom stereocenters. The van der Waals surface area contributed by atoms with Gasteiger partial charge in [-0.15, -0.1) is 0 Å². The van der Waals surface area contributed by atoms with Crippen molar-refractivity contribution in [3.8, 4) is 5.75 Å². The second kappa shape index (κ2) is 11.6. The molecule has 0 aliphatic carbocycles. The summed E-state index contributed by atoms with van der Waals surface area (Å²) in [6, 6.07) is 22.3. The zero-order valence-corrected chi connectivity index (χ0v) is 22.4. The molecule has 0 radical (unpaired) electrons. The predicted octanol–water partition coefficient (Wildman–Crippen LogP) is 4.87. The van der Waals surface area contributed by atoms with Crippen LogP contribution in [0, 0.1) is 5.82 Å². The molecule has 0 aromatic heterocycles. The highest BCUT2D eigenvalue weighted by atomic mass is 19.1. The molecule has 1 saturated heterocycles. The molecule has 6 nitrogen and oxygen atoms in total. The molecule has 1 fully saturated rings. The molecule has 2 amide bonds. The lowest BCUT2D eigenvalue weighted by molar-refractivity contribution is -0.119. The van der Waals surface area contributed by atoms with Gasteiger partial charge in [0.05, 0.1) is 13.2 Å². The molecule has 7 heteroatoms. The van der Waals surface area contributed by atoms with Crippen LogP contribution in [-0.2, 0) is 16.6 Å². The van der Waals surface area contributed by atoms with Gasteiger partial charge in [-0.05, 0) is 85.8 Å². The predicted molar refractivity (Wildman–Crippen MR) is 149 cm³/mol. The average Bonchev–Trinajstić information content (AvgIpc) is 2.96. The summed E-state index contributed by atoms with van der Waals surface area (Å²) in [5.74, 6) is 0.0215. The minimum absolute atomic E-state index is 0.0126. The summed E-state index contributed by atoms with van der Waals surface area (Å²) in [5, 5.41) is 0. The second-order valence-corrected chi connectivity index (χ2v) is 10.8. The first kappa shape index (κ1) is 26.9. The number of rotatable bonds is 8. The molecular formula is C32H36FN3O3. The van der Waals surface area contributed by atoms with Crippen LogP contribution < -0.4 is 10.5 Å². The van der Waals surface area contributed by atoms with E-state index in [0.717, 1.165) is 50.9 Å². The lowest BCUT2D eigenvalue weighted by atomic mass is 9.70. The molecule has 2 aliphatic heterocycles. The largest absolute Gasteiger partial charge is 0.497 e. The van der Waals surface area contributed by atoms with E-state index in [1.54, 1.807) is 25.3 Å². The highest BCUT2D eigenvalue weighted by Gasteiger charge is 2.38. The molecule has 0 saturated carbocycles. The van der Waals surface area contributed by atoms with Crippen molar-refractivity contribution in [3.63, 3.8) is 0 Å². The fourth-order valence-corrected chi connectivity index (χ4v) is 6.36. The molecule has 0 spiro atoms. The third-order valence-electron chi connectivity index (χ3n) is 8.47. The van der Waals surface area contributed by atoms with Gasteiger partial charge in [0, 0.05) is 30.5 Å². The Morgan fingerprint density at radius 2 is 1.77 bits per heavy atom. The van der Waals surface area contributed by atoms with Crippen LogP contribution in [0.15, 0.2) is 72.8 Å². The van der Waals surface area contributed by atoms with Crippen LogP contribution in [0.3, 0.4) is 0 Å². The molecule has 0 bridgehead atoms. The van der Waals surface area contributed by atoms with Crippen LogP contribution in [0.2, 0.25) is 0 Å². The van der Waals surface area contributed by atoms with E-state index < -0.39 is 5.41 Å². The van der Waals surface area contributed by atoms with E-state index in [2.05, 4.69) is 23.1 Å². The van der Waals surface area contributed by atoms with E-state index in [4.69, 9.17) is 10.5 Å². The first-order chi connectivity index (χ1) is 18.9. The number of likely N-dealkylation sites (tertiary alicyclic amines) is 1. The summed E-state index contributed by atoms with van der Waals surface area (Å²) < 4.78 is 19.4. The normalized spacial score (nSPS) is 18.8. The fourth-order valence-electron chi connectivity index (χ4n) is 6.36. The molecule has 3 aromatic rings. The number of fused-ring (bicyclic) bond motifs is 1. The van der Waals surface area contributed by atoms with Crippen LogP contribution in [0.4, 0.5) is 4.39 Å². The topological polar surface area (TPSA) is 75.9 Å². The van der Waals surface area contributed by atoms with Gasteiger partial charge in [-0.3, -0.25) is 9.59 Å². The zero-order valence-electron chi connectivity index (χ0n) is 22.4. The molecule has 2 heterocycles. The Hall–Kier alpha value is -3.71. The number of amides is 2. The second-order valence-electron chi connectivity index (χ2n) is 10.8. The molecule has 204 valence electrons. The minimum atomic E-state index is -0.448. The third-order valence-corrected chi connectivity index (χ3v) is 8.47. The quantitative estimate of drug-likeness (QED) is 0.452. The maximum atomic E-state index is 14.1. The monoisotopic (exact) mass is 529 g/mol. The SMILES string of the molecule is COc1cccc(C(=O)N2CCc3ccccc3C2CCN2CCC(CC(N)=O)(c3cccc(F)c3)CC2)c1. The number of halogens is 1. The van der Waals surface area contributed by atoms with Crippen molar-refractivity contribution < 1.29 is 18.7 Å². The standard InChI is InChI=1S/C32H36FN3O3/c1-39-27-10-4-7-24(20-27)31(38)36-17-12-23-6-2-3-11-28(23)29(36)13-16-35-18-14-32(15-19-35,22-30(34)37)25-8-5-9-26(33)21-25/h2-11,20-21,29H,12-19,22H2,1H3,(H2,34,37). The van der Waals surface area contributed by atoms with Crippen LogP contribution in [0.25, 0.3) is 0 Å². The van der Waals surface area contributed by atoms with Crippen molar-refractivity contribution >= 4 is 11.8 Å².